The van der Waals surface area contributed by atoms with Crippen molar-refractivity contribution in [2.75, 3.05) is 18.7 Å². The Morgan fingerprint density at radius 1 is 1.14 bits per heavy atom. The lowest BCUT2D eigenvalue weighted by Gasteiger charge is -2.27. The number of carbonyl (C=O) groups is 1. The van der Waals surface area contributed by atoms with Crippen molar-refractivity contribution in [3.8, 4) is 11.5 Å². The average Bonchev–Trinajstić information content (AvgIpc) is 2.61. The second kappa shape index (κ2) is 9.56. The molecule has 0 aliphatic carbocycles. The Morgan fingerprint density at radius 2 is 1.76 bits per heavy atom. The van der Waals surface area contributed by atoms with E-state index < -0.39 is 16.1 Å². The number of nitrogens with zero attached hydrogens (tertiary/aromatic N) is 1. The molecule has 29 heavy (non-hydrogen) atoms. The van der Waals surface area contributed by atoms with Crippen LogP contribution in [0.1, 0.15) is 19.4 Å². The van der Waals surface area contributed by atoms with E-state index >= 15 is 0 Å². The Hall–Kier alpha value is -2.16. The Labute approximate surface area is 180 Å². The average molecular weight is 461 g/mol. The largest absolute Gasteiger partial charge is 0.493 e. The lowest BCUT2D eigenvalue weighted by atomic mass is 10.1. The van der Waals surface area contributed by atoms with Crippen LogP contribution < -0.4 is 14.2 Å². The third-order valence-electron chi connectivity index (χ3n) is 3.90. The number of carbonyl (C=O) groups excluding carboxylic acids is 1. The molecule has 2 aromatic rings. The van der Waals surface area contributed by atoms with Crippen molar-refractivity contribution in [3.63, 3.8) is 0 Å². The monoisotopic (exact) mass is 460 g/mol. The molecule has 2 amide bonds. The van der Waals surface area contributed by atoms with Crippen LogP contribution in [-0.4, -0.2) is 38.8 Å². The summed E-state index contributed by atoms with van der Waals surface area (Å²) in [5.41, 5.74) is 0.973. The Bertz CT molecular complexity index is 976. The van der Waals surface area contributed by atoms with E-state index in [1.165, 1.54) is 13.2 Å². The number of hydrogen-bond donors (Lipinski definition) is 1. The first-order valence-electron chi connectivity index (χ1n) is 8.60. The summed E-state index contributed by atoms with van der Waals surface area (Å²) < 4.78 is 33.1. The van der Waals surface area contributed by atoms with Crippen LogP contribution in [-0.2, 0) is 16.7 Å². The van der Waals surface area contributed by atoms with E-state index in [4.69, 9.17) is 32.1 Å². The van der Waals surface area contributed by atoms with Crippen molar-refractivity contribution in [2.45, 2.75) is 26.4 Å². The maximum atomic E-state index is 12.8. The van der Waals surface area contributed by atoms with Crippen LogP contribution in [0.25, 0.3) is 0 Å². The molecule has 0 spiro atoms. The zero-order valence-electron chi connectivity index (χ0n) is 16.4. The number of benzene rings is 2. The molecule has 0 aliphatic heterocycles. The molecule has 0 fully saturated rings. The zero-order valence-corrected chi connectivity index (χ0v) is 18.7. The van der Waals surface area contributed by atoms with E-state index in [2.05, 4.69) is 5.32 Å². The van der Waals surface area contributed by atoms with Gasteiger partial charge in [0.25, 0.3) is 0 Å². The number of urea groups is 1. The number of nitrogens with one attached hydrogen (secondary N) is 1. The number of rotatable bonds is 7. The van der Waals surface area contributed by atoms with Crippen LogP contribution in [0.2, 0.25) is 10.0 Å². The quantitative estimate of drug-likeness (QED) is 0.600. The number of hydrogen-bond acceptors (Lipinski definition) is 5. The van der Waals surface area contributed by atoms with Gasteiger partial charge < -0.3 is 19.1 Å². The molecule has 2 rings (SSSR count). The number of ether oxygens (including phenoxy) is 1. The lowest BCUT2D eigenvalue weighted by molar-refractivity contribution is 0.193. The van der Waals surface area contributed by atoms with Crippen LogP contribution in [0.3, 0.4) is 0 Å². The number of anilines is 1. The Morgan fingerprint density at radius 3 is 2.28 bits per heavy atom. The molecule has 7 nitrogen and oxygen atoms in total. The van der Waals surface area contributed by atoms with E-state index in [0.29, 0.717) is 21.3 Å². The van der Waals surface area contributed by atoms with Gasteiger partial charge in [0.1, 0.15) is 0 Å². The highest BCUT2D eigenvalue weighted by atomic mass is 35.5. The molecular weight excluding hydrogens is 439 g/mol. The van der Waals surface area contributed by atoms with E-state index in [0.717, 1.165) is 6.26 Å². The maximum Gasteiger partial charge on any atom is 0.322 e. The molecule has 2 aromatic carbocycles. The van der Waals surface area contributed by atoms with Crippen LogP contribution in [0, 0.1) is 0 Å². The highest BCUT2D eigenvalue weighted by Gasteiger charge is 2.21. The summed E-state index contributed by atoms with van der Waals surface area (Å²) in [5.74, 6) is 0.313. The van der Waals surface area contributed by atoms with Crippen molar-refractivity contribution in [1.82, 2.24) is 4.90 Å². The van der Waals surface area contributed by atoms with Gasteiger partial charge in [0.05, 0.1) is 29.1 Å². The first-order chi connectivity index (χ1) is 13.5. The first kappa shape index (κ1) is 23.1. The molecule has 0 atom stereocenters. The second-order valence-corrected chi connectivity index (χ2v) is 8.91. The fraction of sp³-hybridized carbons (Fsp3) is 0.316. The standard InChI is InChI=1S/C19H22Cl2N2O5S/c1-12(2)23(19(24)22-18-14(20)6-5-7-15(18)21)11-13-8-9-16(27-3)17(10-13)28-29(4,25)26/h5-10,12H,11H2,1-4H3,(H,22,24). The third-order valence-corrected chi connectivity index (χ3v) is 5.01. The summed E-state index contributed by atoms with van der Waals surface area (Å²) >= 11 is 12.3. The van der Waals surface area contributed by atoms with Crippen molar-refractivity contribution in [1.29, 1.82) is 0 Å². The van der Waals surface area contributed by atoms with Crippen LogP contribution >= 0.6 is 23.2 Å². The van der Waals surface area contributed by atoms with Crippen LogP contribution in [0.4, 0.5) is 10.5 Å². The normalized spacial score (nSPS) is 11.3. The SMILES string of the molecule is COc1ccc(CN(C(=O)Nc2c(Cl)cccc2Cl)C(C)C)cc1OS(C)(=O)=O. The van der Waals surface area contributed by atoms with Gasteiger partial charge in [-0.1, -0.05) is 35.3 Å². The lowest BCUT2D eigenvalue weighted by Crippen LogP contribution is -2.39. The summed E-state index contributed by atoms with van der Waals surface area (Å²) in [6.45, 7) is 3.89. The minimum atomic E-state index is -3.74. The van der Waals surface area contributed by atoms with Gasteiger partial charge in [-0.2, -0.15) is 8.42 Å². The van der Waals surface area contributed by atoms with Gasteiger partial charge in [-0.15, -0.1) is 0 Å². The van der Waals surface area contributed by atoms with Crippen LogP contribution in [0.15, 0.2) is 36.4 Å². The molecule has 0 unspecified atom stereocenters. The molecule has 0 saturated heterocycles. The summed E-state index contributed by atoms with van der Waals surface area (Å²) in [6, 6.07) is 9.18. The molecule has 1 N–H and O–H groups in total. The number of amides is 2. The predicted octanol–water partition coefficient (Wildman–Crippen LogP) is 4.78. The van der Waals surface area contributed by atoms with Gasteiger partial charge in [-0.3, -0.25) is 0 Å². The third kappa shape index (κ3) is 6.42. The number of para-hydroxylation sites is 1. The second-order valence-electron chi connectivity index (χ2n) is 6.52. The fourth-order valence-corrected chi connectivity index (χ4v) is 3.48. The molecule has 0 saturated carbocycles. The minimum absolute atomic E-state index is 0.0470. The minimum Gasteiger partial charge on any atom is -0.493 e. The highest BCUT2D eigenvalue weighted by Crippen LogP contribution is 2.32. The van der Waals surface area contributed by atoms with Crippen molar-refractivity contribution >= 4 is 45.0 Å². The first-order valence-corrected chi connectivity index (χ1v) is 11.2. The van der Waals surface area contributed by atoms with Gasteiger partial charge in [0.15, 0.2) is 11.5 Å². The van der Waals surface area contributed by atoms with Gasteiger partial charge in [-0.05, 0) is 43.7 Å². The molecular formula is C19H22Cl2N2O5S. The summed E-state index contributed by atoms with van der Waals surface area (Å²) in [4.78, 5) is 14.4. The van der Waals surface area contributed by atoms with Crippen molar-refractivity contribution in [3.05, 3.63) is 52.0 Å². The Balaban J connectivity index is 2.28. The molecule has 0 bridgehead atoms. The van der Waals surface area contributed by atoms with Crippen LogP contribution in [0.5, 0.6) is 11.5 Å². The molecule has 0 radical (unpaired) electrons. The van der Waals surface area contributed by atoms with Gasteiger partial charge >= 0.3 is 16.1 Å². The predicted molar refractivity (Wildman–Crippen MR) is 115 cm³/mol. The summed E-state index contributed by atoms with van der Waals surface area (Å²) in [5, 5.41) is 3.37. The Kier molecular flexibility index (Phi) is 7.62. The van der Waals surface area contributed by atoms with Gasteiger partial charge in [0.2, 0.25) is 0 Å². The molecule has 10 heteroatoms. The van der Waals surface area contributed by atoms with E-state index in [9.17, 15) is 13.2 Å². The van der Waals surface area contributed by atoms with E-state index in [1.807, 2.05) is 13.8 Å². The summed E-state index contributed by atoms with van der Waals surface area (Å²) in [7, 11) is -2.33. The highest BCUT2D eigenvalue weighted by molar-refractivity contribution is 7.86. The van der Waals surface area contributed by atoms with E-state index in [-0.39, 0.29) is 24.1 Å². The zero-order chi connectivity index (χ0) is 21.8. The molecule has 0 aliphatic rings. The topological polar surface area (TPSA) is 84.9 Å². The smallest absolute Gasteiger partial charge is 0.322 e. The van der Waals surface area contributed by atoms with Gasteiger partial charge in [-0.25, -0.2) is 4.79 Å². The summed E-state index contributed by atoms with van der Waals surface area (Å²) in [6.07, 6.45) is 0.945. The fourth-order valence-electron chi connectivity index (χ4n) is 2.53. The number of halogens is 2. The van der Waals surface area contributed by atoms with Crippen molar-refractivity contribution in [2.24, 2.45) is 0 Å². The maximum absolute atomic E-state index is 12.8. The number of methoxy groups -OCH3 is 1. The molecule has 0 aromatic heterocycles. The molecule has 0 heterocycles. The van der Waals surface area contributed by atoms with Crippen molar-refractivity contribution < 1.29 is 22.1 Å². The van der Waals surface area contributed by atoms with E-state index in [1.54, 1.807) is 35.2 Å². The molecule has 158 valence electrons. The van der Waals surface area contributed by atoms with Gasteiger partial charge in [0, 0.05) is 12.6 Å².